The van der Waals surface area contributed by atoms with Gasteiger partial charge in [-0.15, -0.1) is 0 Å². The number of benzene rings is 8. The van der Waals surface area contributed by atoms with Gasteiger partial charge in [-0.1, -0.05) is 133 Å². The van der Waals surface area contributed by atoms with Crippen LogP contribution < -0.4 is 0 Å². The highest BCUT2D eigenvalue weighted by Gasteiger charge is 2.23. The summed E-state index contributed by atoms with van der Waals surface area (Å²) in [4.78, 5) is 0. The Labute approximate surface area is 294 Å². The quantitative estimate of drug-likeness (QED) is 0.180. The van der Waals surface area contributed by atoms with Crippen LogP contribution in [0.15, 0.2) is 188 Å². The molecule has 3 heteroatoms. The molecule has 0 saturated carbocycles. The van der Waals surface area contributed by atoms with Crippen molar-refractivity contribution in [2.45, 2.75) is 0 Å². The van der Waals surface area contributed by atoms with Crippen LogP contribution in [0.2, 0.25) is 0 Å². The van der Waals surface area contributed by atoms with E-state index in [2.05, 4.69) is 202 Å². The monoisotopic (exact) mass is 649 g/mol. The van der Waals surface area contributed by atoms with Gasteiger partial charge in [0.25, 0.3) is 0 Å². The Balaban J connectivity index is 1.27. The molecule has 11 aromatic rings. The zero-order valence-electron chi connectivity index (χ0n) is 27.7. The minimum atomic E-state index is 1.15. The van der Waals surface area contributed by atoms with Crippen LogP contribution in [-0.2, 0) is 0 Å². The highest BCUT2D eigenvalue weighted by atomic mass is 15.0. The lowest BCUT2D eigenvalue weighted by Gasteiger charge is -2.18. The van der Waals surface area contributed by atoms with Crippen LogP contribution in [0.5, 0.6) is 0 Å². The minimum Gasteiger partial charge on any atom is -0.309 e. The fourth-order valence-corrected chi connectivity index (χ4v) is 8.59. The van der Waals surface area contributed by atoms with E-state index in [4.69, 9.17) is 0 Å². The number of nitrogens with zero attached hydrogens (tertiary/aromatic N) is 3. The number of para-hydroxylation sites is 7. The number of hydrogen-bond acceptors (Lipinski definition) is 0. The molecule has 0 unspecified atom stereocenters. The van der Waals surface area contributed by atoms with Crippen LogP contribution in [-0.4, -0.2) is 13.7 Å². The predicted octanol–water partition coefficient (Wildman–Crippen LogP) is 12.6. The third kappa shape index (κ3) is 3.94. The molecule has 238 valence electrons. The number of hydrogen-bond donors (Lipinski definition) is 0. The molecule has 11 rings (SSSR count). The van der Waals surface area contributed by atoms with E-state index in [1.54, 1.807) is 0 Å². The van der Waals surface area contributed by atoms with E-state index in [9.17, 15) is 0 Å². The third-order valence-corrected chi connectivity index (χ3v) is 10.6. The molecule has 51 heavy (non-hydrogen) atoms. The van der Waals surface area contributed by atoms with Crippen molar-refractivity contribution in [1.82, 2.24) is 13.7 Å². The molecule has 0 aliphatic heterocycles. The number of rotatable bonds is 4. The zero-order valence-corrected chi connectivity index (χ0v) is 27.7. The summed E-state index contributed by atoms with van der Waals surface area (Å²) in [7, 11) is 0. The summed E-state index contributed by atoms with van der Waals surface area (Å²) < 4.78 is 7.37. The van der Waals surface area contributed by atoms with E-state index in [0.29, 0.717) is 0 Å². The summed E-state index contributed by atoms with van der Waals surface area (Å²) in [5.74, 6) is 0. The molecule has 0 spiro atoms. The lowest BCUT2D eigenvalue weighted by molar-refractivity contribution is 1.16. The van der Waals surface area contributed by atoms with Gasteiger partial charge in [-0.05, 0) is 54.6 Å². The molecule has 0 N–H and O–H groups in total. The molecule has 0 atom stereocenters. The molecular weight excluding hydrogens is 619 g/mol. The maximum Gasteiger partial charge on any atom is 0.0641 e. The van der Waals surface area contributed by atoms with Gasteiger partial charge in [0, 0.05) is 49.1 Å². The van der Waals surface area contributed by atoms with Gasteiger partial charge in [-0.2, -0.15) is 0 Å². The van der Waals surface area contributed by atoms with Gasteiger partial charge >= 0.3 is 0 Å². The Morgan fingerprint density at radius 3 is 1.29 bits per heavy atom. The Morgan fingerprint density at radius 1 is 0.255 bits per heavy atom. The van der Waals surface area contributed by atoms with Gasteiger partial charge in [-0.3, -0.25) is 0 Å². The number of fused-ring (bicyclic) bond motifs is 10. The summed E-state index contributed by atoms with van der Waals surface area (Å²) >= 11 is 0. The molecule has 3 nitrogen and oxygen atoms in total. The summed E-state index contributed by atoms with van der Waals surface area (Å²) in [5, 5.41) is 7.52. The first-order valence-electron chi connectivity index (χ1n) is 17.5. The van der Waals surface area contributed by atoms with Crippen molar-refractivity contribution in [3.8, 4) is 28.2 Å². The fourth-order valence-electron chi connectivity index (χ4n) is 8.59. The van der Waals surface area contributed by atoms with Crippen LogP contribution in [0.25, 0.3) is 93.6 Å². The second-order valence-electron chi connectivity index (χ2n) is 13.3. The van der Waals surface area contributed by atoms with Crippen LogP contribution in [0.4, 0.5) is 0 Å². The Hall–Kier alpha value is -6.84. The van der Waals surface area contributed by atoms with Gasteiger partial charge < -0.3 is 13.7 Å². The van der Waals surface area contributed by atoms with Gasteiger partial charge in [0.15, 0.2) is 0 Å². The highest BCUT2D eigenvalue weighted by Crippen LogP contribution is 2.44. The summed E-state index contributed by atoms with van der Waals surface area (Å²) in [6, 6.07) is 68.4. The largest absolute Gasteiger partial charge is 0.309 e. The zero-order chi connectivity index (χ0) is 33.5. The lowest BCUT2D eigenvalue weighted by atomic mass is 10.0. The Kier molecular flexibility index (Phi) is 5.96. The van der Waals surface area contributed by atoms with Crippen LogP contribution in [0, 0.1) is 0 Å². The van der Waals surface area contributed by atoms with Crippen molar-refractivity contribution in [2.24, 2.45) is 0 Å². The third-order valence-electron chi connectivity index (χ3n) is 10.6. The fraction of sp³-hybridized carbons (Fsp3) is 0. The van der Waals surface area contributed by atoms with Crippen molar-refractivity contribution in [2.75, 3.05) is 0 Å². The first kappa shape index (κ1) is 28.0. The van der Waals surface area contributed by atoms with Crippen molar-refractivity contribution >= 4 is 65.4 Å². The minimum absolute atomic E-state index is 1.15. The van der Waals surface area contributed by atoms with E-state index in [0.717, 1.165) is 17.1 Å². The van der Waals surface area contributed by atoms with Crippen LogP contribution in [0.1, 0.15) is 0 Å². The second-order valence-corrected chi connectivity index (χ2v) is 13.3. The average Bonchev–Trinajstić information content (AvgIpc) is 3.84. The van der Waals surface area contributed by atoms with Crippen LogP contribution >= 0.6 is 0 Å². The molecule has 0 aliphatic carbocycles. The highest BCUT2D eigenvalue weighted by molar-refractivity contribution is 6.26. The molecule has 0 aliphatic rings. The Bertz CT molecular complexity index is 3080. The molecule has 0 fully saturated rings. The maximum absolute atomic E-state index is 2.52. The van der Waals surface area contributed by atoms with Gasteiger partial charge in [0.2, 0.25) is 0 Å². The molecule has 0 bridgehead atoms. The number of aromatic nitrogens is 3. The predicted molar refractivity (Wildman–Crippen MR) is 215 cm³/mol. The molecule has 3 aromatic heterocycles. The first-order chi connectivity index (χ1) is 25.4. The van der Waals surface area contributed by atoms with Crippen LogP contribution in [0.3, 0.4) is 0 Å². The molecule has 3 heterocycles. The van der Waals surface area contributed by atoms with Gasteiger partial charge in [-0.25, -0.2) is 0 Å². The molecule has 0 radical (unpaired) electrons. The van der Waals surface area contributed by atoms with E-state index in [-0.39, 0.29) is 0 Å². The second kappa shape index (κ2) is 10.8. The Morgan fingerprint density at radius 2 is 0.686 bits per heavy atom. The topological polar surface area (TPSA) is 14.8 Å². The van der Waals surface area contributed by atoms with E-state index < -0.39 is 0 Å². The SMILES string of the molecule is c1ccc(-n2c3ccccc3c3c2ccc2c4ccccc4n(-c4ccccc4-c4ccccc4-n4c5ccccc5c5ccccc54)c23)cc1. The average molecular weight is 650 g/mol. The van der Waals surface area contributed by atoms with E-state index >= 15 is 0 Å². The first-order valence-corrected chi connectivity index (χ1v) is 17.5. The standard InChI is InChI=1S/C48H31N3/c1-2-16-32(17-3-1)49-45-29-15-9-23-39(45)47-46(49)31-30-38-37-22-8-14-28-44(37)51(48(38)47)43-27-13-7-21-36(43)35-20-6-12-26-42(35)50-40-24-10-4-18-33(40)34-19-5-11-25-41(34)50/h1-31H. The van der Waals surface area contributed by atoms with Crippen molar-refractivity contribution in [1.29, 1.82) is 0 Å². The molecule has 0 saturated heterocycles. The lowest BCUT2D eigenvalue weighted by Crippen LogP contribution is -2.01. The van der Waals surface area contributed by atoms with E-state index in [1.165, 1.54) is 76.5 Å². The maximum atomic E-state index is 2.52. The van der Waals surface area contributed by atoms with Gasteiger partial charge in [0.1, 0.15) is 0 Å². The molecule has 0 amide bonds. The smallest absolute Gasteiger partial charge is 0.0641 e. The van der Waals surface area contributed by atoms with Crippen molar-refractivity contribution < 1.29 is 0 Å². The summed E-state index contributed by atoms with van der Waals surface area (Å²) in [6.45, 7) is 0. The van der Waals surface area contributed by atoms with Gasteiger partial charge in [0.05, 0.1) is 44.5 Å². The van der Waals surface area contributed by atoms with Crippen molar-refractivity contribution in [3.05, 3.63) is 188 Å². The normalized spacial score (nSPS) is 11.9. The van der Waals surface area contributed by atoms with E-state index in [1.807, 2.05) is 0 Å². The summed E-state index contributed by atoms with van der Waals surface area (Å²) in [5.41, 5.74) is 13.1. The molecular formula is C48H31N3. The van der Waals surface area contributed by atoms with Crippen molar-refractivity contribution in [3.63, 3.8) is 0 Å². The molecule has 8 aromatic carbocycles. The summed E-state index contributed by atoms with van der Waals surface area (Å²) in [6.07, 6.45) is 0.